The van der Waals surface area contributed by atoms with Crippen molar-refractivity contribution in [2.24, 2.45) is 0 Å². The zero-order chi connectivity index (χ0) is 14.4. The predicted octanol–water partition coefficient (Wildman–Crippen LogP) is -1.94. The van der Waals surface area contributed by atoms with Gasteiger partial charge in [0.25, 0.3) is 0 Å². The van der Waals surface area contributed by atoms with Gasteiger partial charge in [0.2, 0.25) is 0 Å². The first kappa shape index (κ1) is 15.5. The number of hydrogen-bond donors (Lipinski definition) is 5. The Labute approximate surface area is 106 Å². The molecule has 0 aromatic heterocycles. The molecule has 2 aliphatic heterocycles. The summed E-state index contributed by atoms with van der Waals surface area (Å²) in [5.74, 6) is 0. The number of phosphoric acid groups is 2. The van der Waals surface area contributed by atoms with Gasteiger partial charge in [-0.2, -0.15) is 4.31 Å². The summed E-state index contributed by atoms with van der Waals surface area (Å²) in [4.78, 5) is 18.3. The third-order valence-electron chi connectivity index (χ3n) is 2.51. The number of ether oxygens (including phenoxy) is 1. The molecule has 2 aliphatic rings. The molecule has 2 bridgehead atoms. The fourth-order valence-electron chi connectivity index (χ4n) is 1.61. The molecule has 0 radical (unpaired) electrons. The van der Waals surface area contributed by atoms with E-state index in [2.05, 4.69) is 13.4 Å². The largest absolute Gasteiger partial charge is 0.483 e. The first-order valence-corrected chi connectivity index (χ1v) is 8.00. The highest BCUT2D eigenvalue weighted by Crippen LogP contribution is 2.62. The molecule has 0 aliphatic carbocycles. The van der Waals surface area contributed by atoms with Gasteiger partial charge in [0, 0.05) is 0 Å². The van der Waals surface area contributed by atoms with Gasteiger partial charge in [-0.15, -0.1) is 0 Å². The van der Waals surface area contributed by atoms with Crippen LogP contribution in [0.25, 0.3) is 0 Å². The minimum atomic E-state index is -5.07. The fourth-order valence-corrected chi connectivity index (χ4v) is 3.77. The van der Waals surface area contributed by atoms with Gasteiger partial charge in [-0.25, -0.2) is 9.13 Å². The van der Waals surface area contributed by atoms with Crippen molar-refractivity contribution in [2.45, 2.75) is 30.7 Å². The van der Waals surface area contributed by atoms with E-state index in [0.717, 1.165) is 0 Å². The van der Waals surface area contributed by atoms with E-state index in [4.69, 9.17) is 9.63 Å². The molecule has 2 heterocycles. The average Bonchev–Trinajstić information content (AvgIpc) is 2.30. The van der Waals surface area contributed by atoms with Crippen molar-refractivity contribution in [1.29, 1.82) is 0 Å². The third-order valence-corrected chi connectivity index (χ3v) is 5.11. The van der Waals surface area contributed by atoms with Gasteiger partial charge in [0.1, 0.15) is 24.4 Å². The second-order valence-electron chi connectivity index (χ2n) is 3.93. The van der Waals surface area contributed by atoms with Gasteiger partial charge in [-0.3, -0.25) is 9.05 Å². The normalized spacial score (nSPS) is 55.9. The monoisotopic (exact) mass is 322 g/mol. The number of aliphatic hydroxyl groups is 3. The lowest BCUT2D eigenvalue weighted by molar-refractivity contribution is -0.277. The molecule has 2 unspecified atom stereocenters. The summed E-state index contributed by atoms with van der Waals surface area (Å²) in [5.41, 5.74) is 0. The van der Waals surface area contributed by atoms with E-state index in [1.165, 1.54) is 0 Å². The van der Waals surface area contributed by atoms with E-state index in [-0.39, 0.29) is 0 Å². The molecule has 0 spiro atoms. The first-order chi connectivity index (χ1) is 8.61. The van der Waals surface area contributed by atoms with Crippen LogP contribution in [0.5, 0.6) is 0 Å². The van der Waals surface area contributed by atoms with Crippen molar-refractivity contribution in [3.63, 3.8) is 0 Å². The Morgan fingerprint density at radius 3 is 2.21 bits per heavy atom. The highest BCUT2D eigenvalue weighted by atomic mass is 31.3. The first-order valence-electron chi connectivity index (χ1n) is 5.01. The Hall–Kier alpha value is 0.1000. The average molecular weight is 322 g/mol. The maximum atomic E-state index is 11.4. The van der Waals surface area contributed by atoms with Crippen LogP contribution in [0.3, 0.4) is 0 Å². The Morgan fingerprint density at radius 1 is 0.947 bits per heavy atom. The van der Waals surface area contributed by atoms with Gasteiger partial charge in [-0.05, 0) is 0 Å². The number of rotatable bonds is 0. The highest BCUT2D eigenvalue weighted by molar-refractivity contribution is 7.61. The van der Waals surface area contributed by atoms with Crippen LogP contribution in [0.4, 0.5) is 0 Å². The molecule has 2 rings (SSSR count). The minimum absolute atomic E-state index is 0.724. The summed E-state index contributed by atoms with van der Waals surface area (Å²) in [6.07, 6.45) is -8.45. The second-order valence-corrected chi connectivity index (χ2v) is 6.93. The van der Waals surface area contributed by atoms with Crippen LogP contribution in [0.1, 0.15) is 0 Å². The zero-order valence-corrected chi connectivity index (χ0v) is 11.0. The smallest absolute Gasteiger partial charge is 0.387 e. The molecule has 0 amide bonds. The lowest BCUT2D eigenvalue weighted by atomic mass is 10.00. The molecule has 11 nitrogen and oxygen atoms in total. The Balaban J connectivity index is 2.31. The molecule has 2 fully saturated rings. The molecule has 19 heavy (non-hydrogen) atoms. The summed E-state index contributed by atoms with van der Waals surface area (Å²) >= 11 is 0. The maximum Gasteiger partial charge on any atom is 0.483 e. The highest BCUT2D eigenvalue weighted by Gasteiger charge is 2.50. The number of phosphoric ester groups is 2. The topological polar surface area (TPSA) is 172 Å². The summed E-state index contributed by atoms with van der Waals surface area (Å²) < 4.78 is 40.1. The molecule has 7 atom stereocenters. The third kappa shape index (κ3) is 3.41. The molecule has 2 saturated heterocycles. The van der Waals surface area contributed by atoms with Crippen LogP contribution in [0.2, 0.25) is 0 Å². The molecule has 5 N–H and O–H groups in total. The van der Waals surface area contributed by atoms with Gasteiger partial charge >= 0.3 is 15.6 Å². The molecule has 13 heteroatoms. The number of fused-ring (bicyclic) bond motifs is 2. The zero-order valence-electron chi connectivity index (χ0n) is 9.17. The van der Waals surface area contributed by atoms with Gasteiger partial charge in [0.05, 0.1) is 6.61 Å². The Bertz CT molecular complexity index is 437. The van der Waals surface area contributed by atoms with Crippen LogP contribution >= 0.6 is 15.6 Å². The molecule has 112 valence electrons. The lowest BCUT2D eigenvalue weighted by Crippen LogP contribution is -2.58. The summed E-state index contributed by atoms with van der Waals surface area (Å²) in [6.45, 7) is -0.724. The summed E-state index contributed by atoms with van der Waals surface area (Å²) in [7, 11) is -9.99. The lowest BCUT2D eigenvalue weighted by Gasteiger charge is -2.39. The Kier molecular flexibility index (Phi) is 4.19. The fraction of sp³-hybridized carbons (Fsp3) is 1.00. The van der Waals surface area contributed by atoms with Crippen molar-refractivity contribution in [1.82, 2.24) is 0 Å². The molecule has 0 saturated carbocycles. The van der Waals surface area contributed by atoms with Crippen LogP contribution in [0, 0.1) is 0 Å². The van der Waals surface area contributed by atoms with Crippen LogP contribution in [0.15, 0.2) is 0 Å². The van der Waals surface area contributed by atoms with E-state index >= 15 is 0 Å². The number of hydrogen-bond acceptors (Lipinski definition) is 9. The Morgan fingerprint density at radius 2 is 1.58 bits per heavy atom. The van der Waals surface area contributed by atoms with E-state index < -0.39 is 53.0 Å². The van der Waals surface area contributed by atoms with Crippen molar-refractivity contribution in [3.8, 4) is 0 Å². The molecule has 0 aromatic carbocycles. The molecular weight excluding hydrogens is 310 g/mol. The molecular formula is C6H12O11P2. The van der Waals surface area contributed by atoms with E-state index in [0.29, 0.717) is 0 Å². The SMILES string of the molecule is O=P1(O)OC[C@@H]2O[C@@H](OP(=O)(O)O1)[C@H](O)[C@H](O)[C@H]2O. The van der Waals surface area contributed by atoms with E-state index in [1.54, 1.807) is 0 Å². The van der Waals surface area contributed by atoms with Gasteiger partial charge in [-0.1, -0.05) is 0 Å². The summed E-state index contributed by atoms with van der Waals surface area (Å²) in [6, 6.07) is 0. The second kappa shape index (κ2) is 5.14. The van der Waals surface area contributed by atoms with Crippen LogP contribution in [-0.2, 0) is 27.2 Å². The van der Waals surface area contributed by atoms with Crippen LogP contribution in [-0.4, -0.2) is 62.4 Å². The minimum Gasteiger partial charge on any atom is -0.387 e. The van der Waals surface area contributed by atoms with E-state index in [1.807, 2.05) is 0 Å². The van der Waals surface area contributed by atoms with Gasteiger partial charge in [0.15, 0.2) is 6.29 Å². The summed E-state index contributed by atoms with van der Waals surface area (Å²) in [5, 5.41) is 28.6. The van der Waals surface area contributed by atoms with Crippen molar-refractivity contribution >= 4 is 15.6 Å². The maximum absolute atomic E-state index is 11.4. The standard InChI is InChI=1S/C6H12O11P2/c7-3-2-1-14-18(10,11)17-19(12,13)16-6(15-2)5(9)4(3)8/h2-9H,1H2,(H,10,11)(H,12,13)/t2-,3-,4+,5+,6-/m0/s1. The van der Waals surface area contributed by atoms with E-state index in [9.17, 15) is 29.3 Å². The molecule has 0 aromatic rings. The quantitative estimate of drug-likeness (QED) is 0.314. The van der Waals surface area contributed by atoms with Crippen LogP contribution < -0.4 is 0 Å². The van der Waals surface area contributed by atoms with Crippen molar-refractivity contribution in [2.75, 3.05) is 6.61 Å². The predicted molar refractivity (Wildman–Crippen MR) is 54.5 cm³/mol. The number of aliphatic hydroxyl groups excluding tert-OH is 3. The van der Waals surface area contributed by atoms with Gasteiger partial charge < -0.3 is 29.8 Å². The van der Waals surface area contributed by atoms with Crippen molar-refractivity contribution < 1.29 is 52.3 Å². The van der Waals surface area contributed by atoms with Crippen molar-refractivity contribution in [3.05, 3.63) is 0 Å².